The van der Waals surface area contributed by atoms with Crippen LogP contribution in [0.1, 0.15) is 37.7 Å². The molecule has 18 heavy (non-hydrogen) atoms. The zero-order valence-electron chi connectivity index (χ0n) is 11.0. The van der Waals surface area contributed by atoms with Crippen molar-refractivity contribution in [3.05, 3.63) is 23.9 Å². The van der Waals surface area contributed by atoms with Gasteiger partial charge in [0, 0.05) is 23.7 Å². The molecule has 1 N–H and O–H groups in total. The Morgan fingerprint density at radius 1 is 1.44 bits per heavy atom. The van der Waals surface area contributed by atoms with Crippen molar-refractivity contribution in [1.29, 1.82) is 0 Å². The van der Waals surface area contributed by atoms with Gasteiger partial charge in [-0.15, -0.1) is 10.2 Å². The Balaban J connectivity index is 2.12. The van der Waals surface area contributed by atoms with Crippen LogP contribution in [-0.4, -0.2) is 32.7 Å². The number of aryl methyl sites for hydroxylation is 1. The largest absolute Gasteiger partial charge is 0.316 e. The van der Waals surface area contributed by atoms with Crippen molar-refractivity contribution in [3.63, 3.8) is 0 Å². The lowest BCUT2D eigenvalue weighted by Gasteiger charge is -2.35. The van der Waals surface area contributed by atoms with Crippen molar-refractivity contribution < 1.29 is 0 Å². The summed E-state index contributed by atoms with van der Waals surface area (Å²) in [5, 5.41) is 12.2. The molecule has 5 nitrogen and oxygen atoms in total. The molecule has 1 unspecified atom stereocenters. The number of nitrogens with zero attached hydrogens (tertiary/aromatic N) is 4. The predicted octanol–water partition coefficient (Wildman–Crippen LogP) is 1.46. The molecule has 0 aliphatic carbocycles. The maximum atomic E-state index is 4.44. The molecular formula is C13H19N5. The van der Waals surface area contributed by atoms with E-state index < -0.39 is 0 Å². The zero-order chi connectivity index (χ0) is 12.6. The van der Waals surface area contributed by atoms with Gasteiger partial charge in [-0.3, -0.25) is 4.40 Å². The molecule has 1 aliphatic heterocycles. The summed E-state index contributed by atoms with van der Waals surface area (Å²) in [6.07, 6.45) is 5.30. The van der Waals surface area contributed by atoms with Crippen molar-refractivity contribution in [2.45, 2.75) is 38.5 Å². The molecular weight excluding hydrogens is 226 g/mol. The van der Waals surface area contributed by atoms with E-state index in [4.69, 9.17) is 0 Å². The maximum Gasteiger partial charge on any atom is 0.163 e. The molecule has 0 saturated carbocycles. The monoisotopic (exact) mass is 245 g/mol. The van der Waals surface area contributed by atoms with Gasteiger partial charge in [-0.1, -0.05) is 6.92 Å². The Kier molecular flexibility index (Phi) is 2.78. The summed E-state index contributed by atoms with van der Waals surface area (Å²) in [6, 6.07) is 1.98. The minimum Gasteiger partial charge on any atom is -0.316 e. The van der Waals surface area contributed by atoms with E-state index in [1.54, 1.807) is 0 Å². The summed E-state index contributed by atoms with van der Waals surface area (Å²) in [4.78, 5) is 4.36. The van der Waals surface area contributed by atoms with Gasteiger partial charge in [0.1, 0.15) is 12.2 Å². The molecule has 0 amide bonds. The molecule has 3 heterocycles. The molecule has 1 aliphatic rings. The van der Waals surface area contributed by atoms with E-state index >= 15 is 0 Å². The van der Waals surface area contributed by atoms with Gasteiger partial charge in [0.05, 0.1) is 0 Å². The summed E-state index contributed by atoms with van der Waals surface area (Å²) in [6.45, 7) is 6.30. The molecule has 96 valence electrons. The Morgan fingerprint density at radius 3 is 3.06 bits per heavy atom. The van der Waals surface area contributed by atoms with Crippen LogP contribution in [0.5, 0.6) is 0 Å². The normalized spacial score (nSPS) is 24.6. The van der Waals surface area contributed by atoms with Crippen LogP contribution in [0.3, 0.4) is 0 Å². The first-order valence-corrected chi connectivity index (χ1v) is 6.64. The SMILES string of the molecule is CCC1(c2nnc3cc(C)ncn23)CCCNC1. The fourth-order valence-corrected chi connectivity index (χ4v) is 2.87. The first-order valence-electron chi connectivity index (χ1n) is 6.64. The molecule has 5 heteroatoms. The summed E-state index contributed by atoms with van der Waals surface area (Å²) in [7, 11) is 0. The minimum atomic E-state index is 0.106. The molecule has 0 radical (unpaired) electrons. The number of hydrogen-bond acceptors (Lipinski definition) is 4. The number of nitrogens with one attached hydrogen (secondary N) is 1. The first-order chi connectivity index (χ1) is 8.75. The van der Waals surface area contributed by atoms with Crippen LogP contribution in [0, 0.1) is 6.92 Å². The molecule has 0 aromatic carbocycles. The fourth-order valence-electron chi connectivity index (χ4n) is 2.87. The second kappa shape index (κ2) is 4.31. The summed E-state index contributed by atoms with van der Waals surface area (Å²) >= 11 is 0. The number of fused-ring (bicyclic) bond motifs is 1. The van der Waals surface area contributed by atoms with Gasteiger partial charge in [-0.05, 0) is 32.7 Å². The molecule has 3 rings (SSSR count). The summed E-state index contributed by atoms with van der Waals surface area (Å²) < 4.78 is 2.05. The van der Waals surface area contributed by atoms with E-state index in [1.807, 2.05) is 23.7 Å². The van der Waals surface area contributed by atoms with E-state index in [-0.39, 0.29) is 5.41 Å². The Morgan fingerprint density at radius 2 is 2.33 bits per heavy atom. The quantitative estimate of drug-likeness (QED) is 0.870. The number of rotatable bonds is 2. The number of hydrogen-bond donors (Lipinski definition) is 1. The lowest BCUT2D eigenvalue weighted by atomic mass is 9.77. The third kappa shape index (κ3) is 1.70. The molecule has 2 aromatic heterocycles. The highest BCUT2D eigenvalue weighted by atomic mass is 15.3. The standard InChI is InChI=1S/C13H19N5/c1-3-13(5-4-6-14-8-13)12-17-16-11-7-10(2)15-9-18(11)12/h7,9,14H,3-6,8H2,1-2H3. The lowest BCUT2D eigenvalue weighted by molar-refractivity contribution is 0.285. The van der Waals surface area contributed by atoms with E-state index in [0.717, 1.165) is 36.7 Å². The van der Waals surface area contributed by atoms with Crippen molar-refractivity contribution >= 4 is 5.65 Å². The Hall–Kier alpha value is -1.49. The van der Waals surface area contributed by atoms with Crippen molar-refractivity contribution in [2.24, 2.45) is 0 Å². The highest BCUT2D eigenvalue weighted by molar-refractivity contribution is 5.39. The Labute approximate surface area is 107 Å². The van der Waals surface area contributed by atoms with Crippen molar-refractivity contribution in [3.8, 4) is 0 Å². The summed E-state index contributed by atoms with van der Waals surface area (Å²) in [5.41, 5.74) is 1.99. The average molecular weight is 245 g/mol. The highest BCUT2D eigenvalue weighted by Gasteiger charge is 2.36. The maximum absolute atomic E-state index is 4.44. The van der Waals surface area contributed by atoms with Gasteiger partial charge in [0.25, 0.3) is 0 Å². The topological polar surface area (TPSA) is 55.1 Å². The van der Waals surface area contributed by atoms with E-state index in [1.165, 1.54) is 12.8 Å². The van der Waals surface area contributed by atoms with Crippen molar-refractivity contribution in [2.75, 3.05) is 13.1 Å². The van der Waals surface area contributed by atoms with Crippen LogP contribution in [0.4, 0.5) is 0 Å². The molecule has 2 aromatic rings. The van der Waals surface area contributed by atoms with Gasteiger partial charge < -0.3 is 5.32 Å². The number of piperidine rings is 1. The summed E-state index contributed by atoms with van der Waals surface area (Å²) in [5.74, 6) is 1.06. The number of aromatic nitrogens is 4. The molecule has 1 atom stereocenters. The van der Waals surface area contributed by atoms with Crippen molar-refractivity contribution in [1.82, 2.24) is 24.9 Å². The zero-order valence-corrected chi connectivity index (χ0v) is 11.0. The van der Waals surface area contributed by atoms with Crippen LogP contribution in [0.2, 0.25) is 0 Å². The minimum absolute atomic E-state index is 0.106. The van der Waals surface area contributed by atoms with Crippen LogP contribution >= 0.6 is 0 Å². The molecule has 1 saturated heterocycles. The van der Waals surface area contributed by atoms with Gasteiger partial charge in [0.15, 0.2) is 5.65 Å². The smallest absolute Gasteiger partial charge is 0.163 e. The van der Waals surface area contributed by atoms with E-state index in [2.05, 4.69) is 27.4 Å². The second-order valence-electron chi connectivity index (χ2n) is 5.20. The average Bonchev–Trinajstić information content (AvgIpc) is 2.83. The third-order valence-electron chi connectivity index (χ3n) is 4.06. The van der Waals surface area contributed by atoms with E-state index in [9.17, 15) is 0 Å². The predicted molar refractivity (Wildman–Crippen MR) is 69.6 cm³/mol. The van der Waals surface area contributed by atoms with Gasteiger partial charge >= 0.3 is 0 Å². The lowest BCUT2D eigenvalue weighted by Crippen LogP contribution is -2.44. The molecule has 0 spiro atoms. The van der Waals surface area contributed by atoms with Crippen LogP contribution < -0.4 is 5.32 Å². The first kappa shape index (κ1) is 11.6. The van der Waals surface area contributed by atoms with Gasteiger partial charge in [0.2, 0.25) is 0 Å². The van der Waals surface area contributed by atoms with Gasteiger partial charge in [-0.2, -0.15) is 0 Å². The van der Waals surface area contributed by atoms with E-state index in [0.29, 0.717) is 0 Å². The second-order valence-corrected chi connectivity index (χ2v) is 5.20. The molecule has 0 bridgehead atoms. The fraction of sp³-hybridized carbons (Fsp3) is 0.615. The van der Waals surface area contributed by atoms with Crippen LogP contribution in [0.15, 0.2) is 12.4 Å². The van der Waals surface area contributed by atoms with Crippen LogP contribution in [0.25, 0.3) is 5.65 Å². The third-order valence-corrected chi connectivity index (χ3v) is 4.06. The Bertz CT molecular complexity index is 554. The molecule has 1 fully saturated rings. The highest BCUT2D eigenvalue weighted by Crippen LogP contribution is 2.33. The van der Waals surface area contributed by atoms with Gasteiger partial charge in [-0.25, -0.2) is 4.98 Å². The van der Waals surface area contributed by atoms with Crippen LogP contribution in [-0.2, 0) is 5.41 Å².